The molecule has 22 heavy (non-hydrogen) atoms. The van der Waals surface area contributed by atoms with E-state index in [2.05, 4.69) is 25.6 Å². The van der Waals surface area contributed by atoms with Crippen molar-refractivity contribution in [2.24, 2.45) is 0 Å². The lowest BCUT2D eigenvalue weighted by Crippen LogP contribution is -2.55. The molecule has 1 aliphatic rings. The zero-order valence-electron chi connectivity index (χ0n) is 12.6. The fourth-order valence-corrected chi connectivity index (χ4v) is 4.13. The number of sulfonamides is 1. The number of nitrogens with zero attached hydrogens (tertiary/aromatic N) is 1. The van der Waals surface area contributed by atoms with Crippen molar-refractivity contribution in [3.05, 3.63) is 28.5 Å². The van der Waals surface area contributed by atoms with Crippen LogP contribution >= 0.6 is 15.9 Å². The highest BCUT2D eigenvalue weighted by molar-refractivity contribution is 9.10. The Morgan fingerprint density at radius 3 is 2.64 bits per heavy atom. The van der Waals surface area contributed by atoms with Crippen LogP contribution in [-0.2, 0) is 14.8 Å². The van der Waals surface area contributed by atoms with Crippen molar-refractivity contribution in [2.75, 3.05) is 32.8 Å². The summed E-state index contributed by atoms with van der Waals surface area (Å²) in [4.78, 5) is 1.82. The smallest absolute Gasteiger partial charge is 0.243 e. The molecule has 0 aliphatic carbocycles. The molecular weight excluding hydrogens is 375 g/mol. The van der Waals surface area contributed by atoms with Crippen molar-refractivity contribution in [1.82, 2.24) is 9.62 Å². The summed E-state index contributed by atoms with van der Waals surface area (Å²) in [5, 5.41) is 0. The fourth-order valence-electron chi connectivity index (χ4n) is 2.31. The normalized spacial score (nSPS) is 17.6. The van der Waals surface area contributed by atoms with E-state index >= 15 is 0 Å². The van der Waals surface area contributed by atoms with Crippen LogP contribution < -0.4 is 4.72 Å². The minimum atomic E-state index is -3.90. The molecule has 0 saturated carbocycles. The second-order valence-electron chi connectivity index (χ2n) is 5.81. The number of hydrogen-bond acceptors (Lipinski definition) is 4. The lowest BCUT2D eigenvalue weighted by atomic mass is 10.0. The zero-order chi connectivity index (χ0) is 16.4. The lowest BCUT2D eigenvalue weighted by molar-refractivity contribution is -0.00803. The summed E-state index contributed by atoms with van der Waals surface area (Å²) in [7, 11) is -3.90. The van der Waals surface area contributed by atoms with Crippen molar-refractivity contribution in [3.8, 4) is 0 Å². The monoisotopic (exact) mass is 394 g/mol. The first-order chi connectivity index (χ1) is 10.2. The predicted octanol–water partition coefficient (Wildman–Crippen LogP) is 1.98. The summed E-state index contributed by atoms with van der Waals surface area (Å²) < 4.78 is 46.7. The number of ether oxygens (including phenoxy) is 1. The van der Waals surface area contributed by atoms with Crippen LogP contribution in [0.15, 0.2) is 27.6 Å². The third kappa shape index (κ3) is 4.26. The van der Waals surface area contributed by atoms with E-state index in [4.69, 9.17) is 4.74 Å². The first kappa shape index (κ1) is 17.8. The maximum atomic E-state index is 13.8. The standard InChI is InChI=1S/C14H20BrFN2O3S/c1-14(2,18-5-7-21-8-6-18)10-17-22(19,20)13-9-11(15)3-4-12(13)16/h3-4,9,17H,5-8,10H2,1-2H3. The van der Waals surface area contributed by atoms with E-state index in [1.54, 1.807) is 0 Å². The molecule has 0 unspecified atom stereocenters. The molecular formula is C14H20BrFN2O3S. The quantitative estimate of drug-likeness (QED) is 0.829. The molecule has 1 aliphatic heterocycles. The van der Waals surface area contributed by atoms with Crippen LogP contribution in [0.1, 0.15) is 13.8 Å². The van der Waals surface area contributed by atoms with E-state index in [9.17, 15) is 12.8 Å². The molecule has 1 aromatic carbocycles. The van der Waals surface area contributed by atoms with Crippen LogP contribution in [0.3, 0.4) is 0 Å². The molecule has 124 valence electrons. The Kier molecular flexibility index (Phi) is 5.60. The number of benzene rings is 1. The van der Waals surface area contributed by atoms with Crippen LogP contribution in [0.5, 0.6) is 0 Å². The minimum absolute atomic E-state index is 0.196. The Balaban J connectivity index is 2.10. The fraction of sp³-hybridized carbons (Fsp3) is 0.571. The Morgan fingerprint density at radius 2 is 2.00 bits per heavy atom. The Labute approximate surface area is 139 Å². The molecule has 8 heteroatoms. The first-order valence-corrected chi connectivity index (χ1v) is 9.27. The first-order valence-electron chi connectivity index (χ1n) is 7.00. The average molecular weight is 395 g/mol. The van der Waals surface area contributed by atoms with Gasteiger partial charge in [0.2, 0.25) is 10.0 Å². The van der Waals surface area contributed by atoms with E-state index in [-0.39, 0.29) is 17.0 Å². The maximum Gasteiger partial charge on any atom is 0.243 e. The summed E-state index contributed by atoms with van der Waals surface area (Å²) in [6, 6.07) is 3.86. The van der Waals surface area contributed by atoms with Gasteiger partial charge in [0.15, 0.2) is 0 Å². The third-order valence-corrected chi connectivity index (χ3v) is 5.65. The van der Waals surface area contributed by atoms with Gasteiger partial charge in [0.05, 0.1) is 13.2 Å². The molecule has 0 spiro atoms. The van der Waals surface area contributed by atoms with Gasteiger partial charge < -0.3 is 4.74 Å². The third-order valence-electron chi connectivity index (χ3n) is 3.74. The van der Waals surface area contributed by atoms with Crippen LogP contribution in [0.4, 0.5) is 4.39 Å². The van der Waals surface area contributed by atoms with E-state index in [0.29, 0.717) is 17.7 Å². The highest BCUT2D eigenvalue weighted by Crippen LogP contribution is 2.21. The number of halogens is 2. The van der Waals surface area contributed by atoms with Crippen LogP contribution in [-0.4, -0.2) is 51.7 Å². The molecule has 0 aromatic heterocycles. The second-order valence-corrected chi connectivity index (χ2v) is 8.46. The number of morpholine rings is 1. The summed E-state index contributed by atoms with van der Waals surface area (Å²) in [6.07, 6.45) is 0. The predicted molar refractivity (Wildman–Crippen MR) is 85.8 cm³/mol. The molecule has 0 amide bonds. The van der Waals surface area contributed by atoms with Gasteiger partial charge in [0.1, 0.15) is 10.7 Å². The molecule has 1 aromatic rings. The number of nitrogens with one attached hydrogen (secondary N) is 1. The Morgan fingerprint density at radius 1 is 1.36 bits per heavy atom. The number of hydrogen-bond donors (Lipinski definition) is 1. The summed E-state index contributed by atoms with van der Waals surface area (Å²) in [6.45, 7) is 6.88. The van der Waals surface area contributed by atoms with Gasteiger partial charge in [0, 0.05) is 29.6 Å². The van der Waals surface area contributed by atoms with Gasteiger partial charge in [-0.3, -0.25) is 4.90 Å². The SMILES string of the molecule is CC(C)(CNS(=O)(=O)c1cc(Br)ccc1F)N1CCOCC1. The van der Waals surface area contributed by atoms with Gasteiger partial charge in [-0.1, -0.05) is 15.9 Å². The number of rotatable bonds is 5. The average Bonchev–Trinajstić information content (AvgIpc) is 2.49. The zero-order valence-corrected chi connectivity index (χ0v) is 15.0. The van der Waals surface area contributed by atoms with Crippen molar-refractivity contribution in [3.63, 3.8) is 0 Å². The van der Waals surface area contributed by atoms with Gasteiger partial charge in [0.25, 0.3) is 0 Å². The van der Waals surface area contributed by atoms with Crippen molar-refractivity contribution in [1.29, 1.82) is 0 Å². The van der Waals surface area contributed by atoms with Gasteiger partial charge in [-0.2, -0.15) is 0 Å². The van der Waals surface area contributed by atoms with E-state index in [1.165, 1.54) is 12.1 Å². The van der Waals surface area contributed by atoms with Crippen molar-refractivity contribution >= 4 is 26.0 Å². The molecule has 1 N–H and O–H groups in total. The minimum Gasteiger partial charge on any atom is -0.379 e. The van der Waals surface area contributed by atoms with E-state index in [1.807, 2.05) is 13.8 Å². The van der Waals surface area contributed by atoms with E-state index in [0.717, 1.165) is 19.2 Å². The molecule has 2 rings (SSSR count). The van der Waals surface area contributed by atoms with Crippen molar-refractivity contribution in [2.45, 2.75) is 24.3 Å². The molecule has 0 atom stereocenters. The van der Waals surface area contributed by atoms with Gasteiger partial charge in [-0.25, -0.2) is 17.5 Å². The molecule has 0 bridgehead atoms. The lowest BCUT2D eigenvalue weighted by Gasteiger charge is -2.40. The molecule has 5 nitrogen and oxygen atoms in total. The van der Waals surface area contributed by atoms with Gasteiger partial charge >= 0.3 is 0 Å². The molecule has 1 fully saturated rings. The van der Waals surface area contributed by atoms with Crippen LogP contribution in [0.2, 0.25) is 0 Å². The highest BCUT2D eigenvalue weighted by atomic mass is 79.9. The molecule has 0 radical (unpaired) electrons. The second kappa shape index (κ2) is 6.92. The summed E-state index contributed by atoms with van der Waals surface area (Å²) in [5.41, 5.74) is -0.376. The largest absolute Gasteiger partial charge is 0.379 e. The summed E-state index contributed by atoms with van der Waals surface area (Å²) in [5.74, 6) is -0.764. The Hall–Kier alpha value is -0.540. The highest BCUT2D eigenvalue weighted by Gasteiger charge is 2.30. The van der Waals surface area contributed by atoms with Crippen molar-refractivity contribution < 1.29 is 17.5 Å². The Bertz CT molecular complexity index is 631. The van der Waals surface area contributed by atoms with Crippen LogP contribution in [0.25, 0.3) is 0 Å². The molecule has 1 heterocycles. The van der Waals surface area contributed by atoms with Gasteiger partial charge in [-0.05, 0) is 32.0 Å². The topological polar surface area (TPSA) is 58.6 Å². The maximum absolute atomic E-state index is 13.8. The van der Waals surface area contributed by atoms with Gasteiger partial charge in [-0.15, -0.1) is 0 Å². The van der Waals surface area contributed by atoms with Crippen LogP contribution in [0, 0.1) is 5.82 Å². The summed E-state index contributed by atoms with van der Waals surface area (Å²) >= 11 is 3.16. The van der Waals surface area contributed by atoms with E-state index < -0.39 is 15.8 Å². The molecule has 1 saturated heterocycles.